The molecule has 1 aliphatic rings. The zero-order valence-electron chi connectivity index (χ0n) is 22.5. The fraction of sp³-hybridized carbons (Fsp3) is 0.176. The molecular formula is C34H33N2O3P. The van der Waals surface area contributed by atoms with Gasteiger partial charge in [-0.1, -0.05) is 91.5 Å². The largest absolute Gasteiger partial charge is 0.473 e. The topological polar surface area (TPSA) is 51.1 Å². The highest BCUT2D eigenvalue weighted by Gasteiger charge is 2.22. The molecule has 0 N–H and O–H groups in total. The van der Waals surface area contributed by atoms with Gasteiger partial charge in [-0.2, -0.15) is 0 Å². The molecule has 6 heteroatoms. The number of hydrogen-bond donors (Lipinski definition) is 0. The Bertz CT molecular complexity index is 1390. The maximum Gasteiger partial charge on any atom is 0.222 e. The van der Waals surface area contributed by atoms with Crippen LogP contribution in [0.3, 0.4) is 0 Å². The fourth-order valence-electron chi connectivity index (χ4n) is 4.63. The molecule has 0 atom stereocenters. The minimum Gasteiger partial charge on any atom is -0.473 e. The lowest BCUT2D eigenvalue weighted by molar-refractivity contribution is 0.0371. The first-order valence-corrected chi connectivity index (χ1v) is 14.8. The molecule has 1 heterocycles. The van der Waals surface area contributed by atoms with Crippen molar-refractivity contribution < 1.29 is 14.3 Å². The van der Waals surface area contributed by atoms with E-state index in [0.717, 1.165) is 29.6 Å². The third kappa shape index (κ3) is 7.00. The summed E-state index contributed by atoms with van der Waals surface area (Å²) in [6, 6.07) is 36.9. The lowest BCUT2D eigenvalue weighted by atomic mass is 10.1. The van der Waals surface area contributed by atoms with Crippen LogP contribution in [-0.2, 0) is 9.47 Å². The number of aliphatic imine (C=N–C) groups is 1. The Morgan fingerprint density at radius 2 is 1.45 bits per heavy atom. The quantitative estimate of drug-likeness (QED) is 0.0895. The van der Waals surface area contributed by atoms with E-state index in [2.05, 4.69) is 78.2 Å². The summed E-state index contributed by atoms with van der Waals surface area (Å²) in [6.45, 7) is 7.48. The molecule has 0 unspecified atom stereocenters. The molecule has 0 bridgehead atoms. The van der Waals surface area contributed by atoms with Crippen molar-refractivity contribution in [3.8, 4) is 0 Å². The smallest absolute Gasteiger partial charge is 0.222 e. The molecule has 0 spiro atoms. The second-order valence-corrected chi connectivity index (χ2v) is 11.6. The first-order valence-electron chi connectivity index (χ1n) is 13.5. The number of Topliss-reactive ketones (excluding diaryl/α,β-unsaturated/α-hetero) is 1. The molecule has 1 saturated heterocycles. The van der Waals surface area contributed by atoms with Crippen LogP contribution in [-0.4, -0.2) is 56.0 Å². The second-order valence-electron chi connectivity index (χ2n) is 9.40. The van der Waals surface area contributed by atoms with Crippen LogP contribution < -0.4 is 15.9 Å². The zero-order valence-corrected chi connectivity index (χ0v) is 23.4. The highest BCUT2D eigenvalue weighted by Crippen LogP contribution is 2.34. The zero-order chi connectivity index (χ0) is 27.6. The molecule has 0 radical (unpaired) electrons. The van der Waals surface area contributed by atoms with Crippen LogP contribution in [0.25, 0.3) is 0 Å². The summed E-state index contributed by atoms with van der Waals surface area (Å²) in [4.78, 5) is 19.9. The van der Waals surface area contributed by atoms with Crippen LogP contribution in [0.4, 0.5) is 5.69 Å². The van der Waals surface area contributed by atoms with Crippen molar-refractivity contribution in [3.63, 3.8) is 0 Å². The lowest BCUT2D eigenvalue weighted by Gasteiger charge is -2.25. The number of carbonyl (C=O) groups excluding carboxylic acids is 1. The summed E-state index contributed by atoms with van der Waals surface area (Å²) in [5.74, 6) is 0.629. The van der Waals surface area contributed by atoms with E-state index in [1.807, 2.05) is 42.5 Å². The van der Waals surface area contributed by atoms with Crippen molar-refractivity contribution in [2.75, 3.05) is 39.5 Å². The average molecular weight is 549 g/mol. The molecule has 40 heavy (non-hydrogen) atoms. The molecule has 4 aromatic rings. The van der Waals surface area contributed by atoms with E-state index in [-0.39, 0.29) is 5.78 Å². The van der Waals surface area contributed by atoms with E-state index in [1.54, 1.807) is 6.08 Å². The van der Waals surface area contributed by atoms with Crippen LogP contribution in [0.2, 0.25) is 0 Å². The lowest BCUT2D eigenvalue weighted by Crippen LogP contribution is -2.39. The highest BCUT2D eigenvalue weighted by atomic mass is 31.1. The highest BCUT2D eigenvalue weighted by molar-refractivity contribution is 7.80. The van der Waals surface area contributed by atoms with Gasteiger partial charge in [0.1, 0.15) is 6.61 Å². The van der Waals surface area contributed by atoms with Gasteiger partial charge < -0.3 is 9.47 Å². The van der Waals surface area contributed by atoms with E-state index in [4.69, 9.17) is 14.5 Å². The van der Waals surface area contributed by atoms with Crippen molar-refractivity contribution in [2.45, 2.75) is 0 Å². The predicted molar refractivity (Wildman–Crippen MR) is 166 cm³/mol. The van der Waals surface area contributed by atoms with Crippen molar-refractivity contribution in [1.82, 2.24) is 4.90 Å². The number of hydrogen-bond acceptors (Lipinski definition) is 5. The standard InChI is InChI=1S/C34H33N2O3P/c1-2-23-39-34(35-28-19-17-27(18-20-28)32(37)26-36-21-24-38-25-22-36)31-15-9-10-16-33(31)40(29-11-5-3-6-12-29)30-13-7-4-8-14-30/h2-20H,1,21-26H2. The third-order valence-corrected chi connectivity index (χ3v) is 9.13. The molecule has 5 rings (SSSR count). The number of benzene rings is 4. The maximum absolute atomic E-state index is 12.8. The molecule has 1 fully saturated rings. The fourth-order valence-corrected chi connectivity index (χ4v) is 7.07. The first kappa shape index (κ1) is 27.7. The molecule has 0 amide bonds. The Hall–Kier alpha value is -3.89. The third-order valence-electron chi connectivity index (χ3n) is 6.63. The minimum absolute atomic E-state index is 0.0993. The number of carbonyl (C=O) groups is 1. The van der Waals surface area contributed by atoms with Crippen LogP contribution in [0.5, 0.6) is 0 Å². The summed E-state index contributed by atoms with van der Waals surface area (Å²) in [6.07, 6.45) is 1.72. The summed E-state index contributed by atoms with van der Waals surface area (Å²) in [7, 11) is -0.856. The van der Waals surface area contributed by atoms with Crippen molar-refractivity contribution in [1.29, 1.82) is 0 Å². The summed E-state index contributed by atoms with van der Waals surface area (Å²) < 4.78 is 11.6. The van der Waals surface area contributed by atoms with E-state index in [9.17, 15) is 4.79 Å². The molecule has 5 nitrogen and oxygen atoms in total. The van der Waals surface area contributed by atoms with Gasteiger partial charge in [0.25, 0.3) is 0 Å². The van der Waals surface area contributed by atoms with Crippen LogP contribution in [0, 0.1) is 0 Å². The number of ether oxygens (including phenoxy) is 2. The van der Waals surface area contributed by atoms with Gasteiger partial charge in [-0.15, -0.1) is 0 Å². The van der Waals surface area contributed by atoms with Crippen LogP contribution in [0.1, 0.15) is 15.9 Å². The molecule has 0 saturated carbocycles. The van der Waals surface area contributed by atoms with Gasteiger partial charge >= 0.3 is 0 Å². The summed E-state index contributed by atoms with van der Waals surface area (Å²) in [5, 5.41) is 3.67. The van der Waals surface area contributed by atoms with Gasteiger partial charge in [0.15, 0.2) is 5.78 Å². The van der Waals surface area contributed by atoms with Crippen molar-refractivity contribution in [2.24, 2.45) is 4.99 Å². The average Bonchev–Trinajstić information content (AvgIpc) is 3.01. The summed E-state index contributed by atoms with van der Waals surface area (Å²) in [5.41, 5.74) is 2.34. The van der Waals surface area contributed by atoms with Gasteiger partial charge in [-0.05, 0) is 54.2 Å². The van der Waals surface area contributed by atoms with Crippen LogP contribution >= 0.6 is 7.92 Å². The molecule has 0 aliphatic carbocycles. The SMILES string of the molecule is C=CCOC(=Nc1ccc(C(=O)CN2CCOCC2)cc1)c1ccccc1P(c1ccccc1)c1ccccc1. The van der Waals surface area contributed by atoms with Crippen molar-refractivity contribution >= 4 is 41.2 Å². The number of ketones is 1. The number of rotatable bonds is 10. The van der Waals surface area contributed by atoms with E-state index >= 15 is 0 Å². The number of nitrogens with zero attached hydrogens (tertiary/aromatic N) is 2. The predicted octanol–water partition coefficient (Wildman–Crippen LogP) is 5.24. The minimum atomic E-state index is -0.856. The van der Waals surface area contributed by atoms with Gasteiger partial charge in [0.05, 0.1) is 25.4 Å². The van der Waals surface area contributed by atoms with E-state index < -0.39 is 7.92 Å². The molecule has 4 aromatic carbocycles. The van der Waals surface area contributed by atoms with E-state index in [0.29, 0.717) is 37.8 Å². The number of morpholine rings is 1. The van der Waals surface area contributed by atoms with Gasteiger partial charge in [0.2, 0.25) is 5.90 Å². The Morgan fingerprint density at radius 1 is 0.850 bits per heavy atom. The monoisotopic (exact) mass is 548 g/mol. The Morgan fingerprint density at radius 3 is 2.08 bits per heavy atom. The van der Waals surface area contributed by atoms with E-state index in [1.165, 1.54) is 10.6 Å². The summed E-state index contributed by atoms with van der Waals surface area (Å²) >= 11 is 0. The van der Waals surface area contributed by atoms with Gasteiger partial charge in [-0.3, -0.25) is 9.69 Å². The normalized spacial score (nSPS) is 14.2. The Kier molecular flexibility index (Phi) is 9.65. The molecule has 202 valence electrons. The Labute approximate surface area is 237 Å². The molecule has 1 aliphatic heterocycles. The van der Waals surface area contributed by atoms with Crippen molar-refractivity contribution in [3.05, 3.63) is 133 Å². The molecule has 0 aromatic heterocycles. The second kappa shape index (κ2) is 14.0. The maximum atomic E-state index is 12.8. The molecular weight excluding hydrogens is 515 g/mol. The van der Waals surface area contributed by atoms with Crippen LogP contribution in [0.15, 0.2) is 127 Å². The van der Waals surface area contributed by atoms with Gasteiger partial charge in [0, 0.05) is 24.2 Å². The first-order chi connectivity index (χ1) is 19.7. The van der Waals surface area contributed by atoms with Gasteiger partial charge in [-0.25, -0.2) is 4.99 Å². The Balaban J connectivity index is 1.48.